The third kappa shape index (κ3) is 4.65. The van der Waals surface area contributed by atoms with Crippen LogP contribution in [-0.4, -0.2) is 26.0 Å². The highest BCUT2D eigenvalue weighted by Crippen LogP contribution is 2.39. The molecule has 1 aliphatic rings. The second-order valence-corrected chi connectivity index (χ2v) is 9.09. The van der Waals surface area contributed by atoms with Crippen molar-refractivity contribution >= 4 is 35.0 Å². The lowest BCUT2D eigenvalue weighted by molar-refractivity contribution is -0.120. The minimum Gasteiger partial charge on any atom is -0.497 e. The Kier molecular flexibility index (Phi) is 6.93. The molecule has 0 saturated carbocycles. The van der Waals surface area contributed by atoms with Crippen LogP contribution >= 0.6 is 11.8 Å². The molecule has 0 spiro atoms. The van der Waals surface area contributed by atoms with Crippen molar-refractivity contribution < 1.29 is 19.1 Å². The minimum atomic E-state index is -0.425. The SMILES string of the molecule is COc1ccc(OC)c(NC2=C(Sc3ccccc3)C(=O)N(c3ccc(C(C)C)cc3)C2=O)c1. The zero-order valence-corrected chi connectivity index (χ0v) is 20.3. The Morgan fingerprint density at radius 2 is 1.56 bits per heavy atom. The van der Waals surface area contributed by atoms with Crippen LogP contribution in [0.1, 0.15) is 25.3 Å². The molecular weight excluding hydrogens is 448 g/mol. The van der Waals surface area contributed by atoms with Gasteiger partial charge in [0, 0.05) is 11.0 Å². The van der Waals surface area contributed by atoms with Crippen LogP contribution in [0.15, 0.2) is 88.3 Å². The number of hydrogen-bond donors (Lipinski definition) is 1. The zero-order valence-electron chi connectivity index (χ0n) is 19.5. The number of methoxy groups -OCH3 is 2. The van der Waals surface area contributed by atoms with Crippen LogP contribution in [0.2, 0.25) is 0 Å². The molecule has 0 saturated heterocycles. The zero-order chi connectivity index (χ0) is 24.2. The molecule has 0 radical (unpaired) electrons. The van der Waals surface area contributed by atoms with Gasteiger partial charge in [0.1, 0.15) is 22.1 Å². The number of thioether (sulfide) groups is 1. The number of amides is 2. The molecule has 0 aromatic heterocycles. The monoisotopic (exact) mass is 474 g/mol. The normalized spacial score (nSPS) is 13.6. The van der Waals surface area contributed by atoms with E-state index in [-0.39, 0.29) is 11.6 Å². The van der Waals surface area contributed by atoms with E-state index < -0.39 is 5.91 Å². The van der Waals surface area contributed by atoms with Crippen molar-refractivity contribution in [1.82, 2.24) is 0 Å². The second-order valence-electron chi connectivity index (χ2n) is 8.00. The van der Waals surface area contributed by atoms with Crippen LogP contribution in [0.4, 0.5) is 11.4 Å². The predicted octanol–water partition coefficient (Wildman–Crippen LogP) is 5.82. The van der Waals surface area contributed by atoms with E-state index in [1.807, 2.05) is 54.6 Å². The standard InChI is InChI=1S/C27H26N2O4S/c1-17(2)18-10-12-19(13-11-18)29-26(30)24(25(27(29)31)34-21-8-6-5-7-9-21)28-22-16-20(32-3)14-15-23(22)33-4/h5-17,28H,1-4H3. The maximum atomic E-state index is 13.6. The van der Waals surface area contributed by atoms with Crippen molar-refractivity contribution in [2.24, 2.45) is 0 Å². The number of imide groups is 1. The first kappa shape index (κ1) is 23.4. The lowest BCUT2D eigenvalue weighted by atomic mass is 10.0. The largest absolute Gasteiger partial charge is 0.497 e. The van der Waals surface area contributed by atoms with E-state index in [0.29, 0.717) is 33.7 Å². The van der Waals surface area contributed by atoms with Crippen molar-refractivity contribution in [2.75, 3.05) is 24.4 Å². The van der Waals surface area contributed by atoms with Gasteiger partial charge in [0.2, 0.25) is 0 Å². The van der Waals surface area contributed by atoms with Gasteiger partial charge in [-0.3, -0.25) is 9.59 Å². The molecule has 1 heterocycles. The topological polar surface area (TPSA) is 67.9 Å². The van der Waals surface area contributed by atoms with E-state index in [1.165, 1.54) is 16.7 Å². The first-order valence-corrected chi connectivity index (χ1v) is 11.7. The van der Waals surface area contributed by atoms with E-state index in [2.05, 4.69) is 19.2 Å². The first-order chi connectivity index (χ1) is 16.4. The van der Waals surface area contributed by atoms with Gasteiger partial charge in [0.25, 0.3) is 11.8 Å². The maximum Gasteiger partial charge on any atom is 0.283 e. The number of ether oxygens (including phenoxy) is 2. The summed E-state index contributed by atoms with van der Waals surface area (Å²) in [5.41, 5.74) is 2.38. The number of nitrogens with zero attached hydrogens (tertiary/aromatic N) is 1. The fourth-order valence-electron chi connectivity index (χ4n) is 3.61. The van der Waals surface area contributed by atoms with Gasteiger partial charge in [-0.1, -0.05) is 55.9 Å². The molecule has 2 amide bonds. The van der Waals surface area contributed by atoms with Gasteiger partial charge >= 0.3 is 0 Å². The Morgan fingerprint density at radius 3 is 2.18 bits per heavy atom. The number of carbonyl (C=O) groups excluding carboxylic acids is 2. The van der Waals surface area contributed by atoms with Gasteiger partial charge in [-0.15, -0.1) is 0 Å². The Bertz CT molecular complexity index is 1240. The fourth-order valence-corrected chi connectivity index (χ4v) is 4.56. The summed E-state index contributed by atoms with van der Waals surface area (Å²) in [5.74, 6) is 0.668. The Balaban J connectivity index is 1.76. The summed E-state index contributed by atoms with van der Waals surface area (Å²) in [5, 5.41) is 3.16. The molecular formula is C27H26N2O4S. The van der Waals surface area contributed by atoms with E-state index >= 15 is 0 Å². The molecule has 0 fully saturated rings. The van der Waals surface area contributed by atoms with Gasteiger partial charge in [-0.2, -0.15) is 0 Å². The maximum absolute atomic E-state index is 13.6. The Morgan fingerprint density at radius 1 is 0.853 bits per heavy atom. The van der Waals surface area contributed by atoms with Crippen LogP contribution in [0, 0.1) is 0 Å². The van der Waals surface area contributed by atoms with Gasteiger partial charge in [0.05, 0.1) is 25.6 Å². The lowest BCUT2D eigenvalue weighted by Crippen LogP contribution is -2.32. The number of hydrogen-bond acceptors (Lipinski definition) is 6. The number of rotatable bonds is 8. The molecule has 4 rings (SSSR count). The first-order valence-electron chi connectivity index (χ1n) is 10.9. The van der Waals surface area contributed by atoms with E-state index in [0.717, 1.165) is 10.5 Å². The molecule has 3 aromatic carbocycles. The van der Waals surface area contributed by atoms with E-state index in [9.17, 15) is 9.59 Å². The molecule has 174 valence electrons. The highest BCUT2D eigenvalue weighted by Gasteiger charge is 2.40. The molecule has 0 bridgehead atoms. The van der Waals surface area contributed by atoms with Crippen molar-refractivity contribution in [3.8, 4) is 11.5 Å². The predicted molar refractivity (Wildman–Crippen MR) is 136 cm³/mol. The minimum absolute atomic E-state index is 0.193. The van der Waals surface area contributed by atoms with Crippen molar-refractivity contribution in [3.05, 3.63) is 89.0 Å². The number of anilines is 2. The molecule has 3 aromatic rings. The summed E-state index contributed by atoms with van der Waals surface area (Å²) >= 11 is 1.25. The third-order valence-electron chi connectivity index (χ3n) is 5.49. The molecule has 1 aliphatic heterocycles. The third-order valence-corrected chi connectivity index (χ3v) is 6.58. The number of nitrogens with one attached hydrogen (secondary N) is 1. The van der Waals surface area contributed by atoms with Crippen LogP contribution < -0.4 is 19.7 Å². The van der Waals surface area contributed by atoms with E-state index in [1.54, 1.807) is 32.4 Å². The Hall–Kier alpha value is -3.71. The average Bonchev–Trinajstić information content (AvgIpc) is 3.08. The molecule has 6 nitrogen and oxygen atoms in total. The van der Waals surface area contributed by atoms with Gasteiger partial charge in [-0.05, 0) is 47.9 Å². The molecule has 34 heavy (non-hydrogen) atoms. The van der Waals surface area contributed by atoms with Gasteiger partial charge < -0.3 is 14.8 Å². The number of carbonyl (C=O) groups is 2. The summed E-state index contributed by atoms with van der Waals surface area (Å²) in [6, 6.07) is 22.3. The van der Waals surface area contributed by atoms with Crippen LogP contribution in [-0.2, 0) is 9.59 Å². The van der Waals surface area contributed by atoms with Crippen molar-refractivity contribution in [1.29, 1.82) is 0 Å². The molecule has 7 heteroatoms. The van der Waals surface area contributed by atoms with Crippen LogP contribution in [0.5, 0.6) is 11.5 Å². The molecule has 1 N–H and O–H groups in total. The molecule has 0 aliphatic carbocycles. The number of benzene rings is 3. The highest BCUT2D eigenvalue weighted by molar-refractivity contribution is 8.04. The summed E-state index contributed by atoms with van der Waals surface area (Å²) in [7, 11) is 3.11. The fraction of sp³-hybridized carbons (Fsp3) is 0.185. The highest BCUT2D eigenvalue weighted by atomic mass is 32.2. The summed E-state index contributed by atoms with van der Waals surface area (Å²) in [6.07, 6.45) is 0. The lowest BCUT2D eigenvalue weighted by Gasteiger charge is -2.17. The summed E-state index contributed by atoms with van der Waals surface area (Å²) < 4.78 is 10.8. The van der Waals surface area contributed by atoms with Gasteiger partial charge in [0.15, 0.2) is 0 Å². The van der Waals surface area contributed by atoms with Crippen LogP contribution in [0.3, 0.4) is 0 Å². The second kappa shape index (κ2) is 10.1. The smallest absolute Gasteiger partial charge is 0.283 e. The summed E-state index contributed by atoms with van der Waals surface area (Å²) in [4.78, 5) is 29.5. The molecule has 0 atom stereocenters. The van der Waals surface area contributed by atoms with Crippen molar-refractivity contribution in [3.63, 3.8) is 0 Å². The average molecular weight is 475 g/mol. The van der Waals surface area contributed by atoms with E-state index in [4.69, 9.17) is 9.47 Å². The van der Waals surface area contributed by atoms with Crippen LogP contribution in [0.25, 0.3) is 0 Å². The van der Waals surface area contributed by atoms with Crippen molar-refractivity contribution in [2.45, 2.75) is 24.7 Å². The molecule has 0 unspecified atom stereocenters. The summed E-state index contributed by atoms with van der Waals surface area (Å²) in [6.45, 7) is 4.20. The Labute approximate surface area is 203 Å². The quantitative estimate of drug-likeness (QED) is 0.415. The van der Waals surface area contributed by atoms with Gasteiger partial charge in [-0.25, -0.2) is 4.90 Å².